The number of hydrogen-bond acceptors (Lipinski definition) is 3. The van der Waals surface area contributed by atoms with Crippen LogP contribution in [-0.4, -0.2) is 48.3 Å². The molecule has 23 heavy (non-hydrogen) atoms. The van der Waals surface area contributed by atoms with E-state index in [-0.39, 0.29) is 24.2 Å². The van der Waals surface area contributed by atoms with Gasteiger partial charge in [-0.1, -0.05) is 25.5 Å². The Bertz CT molecular complexity index is 503. The summed E-state index contributed by atoms with van der Waals surface area (Å²) in [6, 6.07) is 6.93. The van der Waals surface area contributed by atoms with Crippen LogP contribution in [0.1, 0.15) is 42.6 Å². The monoisotopic (exact) mass is 341 g/mol. The van der Waals surface area contributed by atoms with Gasteiger partial charge in [0.1, 0.15) is 0 Å². The molecule has 0 heterocycles. The van der Waals surface area contributed by atoms with Crippen LogP contribution in [0.5, 0.6) is 0 Å². The highest BCUT2D eigenvalue weighted by Crippen LogP contribution is 2.10. The molecule has 6 heteroatoms. The Kier molecular flexibility index (Phi) is 9.53. The van der Waals surface area contributed by atoms with Crippen molar-refractivity contribution < 1.29 is 9.59 Å². The maximum absolute atomic E-state index is 12.3. The van der Waals surface area contributed by atoms with Gasteiger partial charge in [0, 0.05) is 32.7 Å². The van der Waals surface area contributed by atoms with Crippen LogP contribution >= 0.6 is 12.4 Å². The standard InChI is InChI=1S/C17H27N3O2.ClH/c1-5-7-15(18)17(22)20(6-2)12-13-8-10-14(11-9-13)16(21)19(3)4;/h8-11,15H,5-7,12,18H2,1-4H3;1H. The van der Waals surface area contributed by atoms with E-state index in [1.54, 1.807) is 36.0 Å². The number of nitrogens with zero attached hydrogens (tertiary/aromatic N) is 2. The van der Waals surface area contributed by atoms with Crippen molar-refractivity contribution in [2.24, 2.45) is 5.73 Å². The van der Waals surface area contributed by atoms with Crippen LogP contribution in [0.3, 0.4) is 0 Å². The fourth-order valence-electron chi connectivity index (χ4n) is 2.25. The van der Waals surface area contributed by atoms with Gasteiger partial charge in [0.15, 0.2) is 0 Å². The lowest BCUT2D eigenvalue weighted by atomic mass is 10.1. The van der Waals surface area contributed by atoms with E-state index in [0.29, 0.717) is 25.1 Å². The van der Waals surface area contributed by atoms with E-state index < -0.39 is 6.04 Å². The van der Waals surface area contributed by atoms with Crippen LogP contribution in [0.4, 0.5) is 0 Å². The third kappa shape index (κ3) is 6.20. The summed E-state index contributed by atoms with van der Waals surface area (Å²) in [5, 5.41) is 0. The topological polar surface area (TPSA) is 66.6 Å². The highest BCUT2D eigenvalue weighted by molar-refractivity contribution is 5.93. The molecule has 0 aromatic heterocycles. The number of carbonyl (C=O) groups is 2. The molecule has 1 aromatic rings. The van der Waals surface area contributed by atoms with Crippen molar-refractivity contribution in [3.05, 3.63) is 35.4 Å². The second-order valence-corrected chi connectivity index (χ2v) is 5.64. The largest absolute Gasteiger partial charge is 0.345 e. The first-order valence-corrected chi connectivity index (χ1v) is 7.75. The summed E-state index contributed by atoms with van der Waals surface area (Å²) in [5.74, 6) is -0.0438. The summed E-state index contributed by atoms with van der Waals surface area (Å²) in [7, 11) is 3.45. The van der Waals surface area contributed by atoms with Gasteiger partial charge in [-0.3, -0.25) is 9.59 Å². The maximum Gasteiger partial charge on any atom is 0.253 e. The zero-order valence-electron chi connectivity index (χ0n) is 14.4. The molecule has 0 radical (unpaired) electrons. The second-order valence-electron chi connectivity index (χ2n) is 5.64. The number of hydrogen-bond donors (Lipinski definition) is 1. The molecular weight excluding hydrogens is 314 g/mol. The Morgan fingerprint density at radius 3 is 2.13 bits per heavy atom. The molecule has 0 aliphatic carbocycles. The zero-order chi connectivity index (χ0) is 16.7. The van der Waals surface area contributed by atoms with E-state index in [0.717, 1.165) is 12.0 Å². The first-order chi connectivity index (χ1) is 10.4. The van der Waals surface area contributed by atoms with E-state index in [4.69, 9.17) is 5.73 Å². The van der Waals surface area contributed by atoms with E-state index in [1.807, 2.05) is 26.0 Å². The average molecular weight is 342 g/mol. The van der Waals surface area contributed by atoms with Crippen LogP contribution in [0, 0.1) is 0 Å². The van der Waals surface area contributed by atoms with Crippen molar-refractivity contribution in [3.8, 4) is 0 Å². The van der Waals surface area contributed by atoms with Gasteiger partial charge in [-0.2, -0.15) is 0 Å². The number of benzene rings is 1. The third-order valence-electron chi connectivity index (χ3n) is 3.59. The predicted molar refractivity (Wildman–Crippen MR) is 95.7 cm³/mol. The van der Waals surface area contributed by atoms with Gasteiger partial charge in [0.25, 0.3) is 5.91 Å². The van der Waals surface area contributed by atoms with Crippen molar-refractivity contribution in [1.29, 1.82) is 0 Å². The van der Waals surface area contributed by atoms with Crippen LogP contribution in [0.2, 0.25) is 0 Å². The molecular formula is C17H28ClN3O2. The SMILES string of the molecule is CCCC(N)C(=O)N(CC)Cc1ccc(C(=O)N(C)C)cc1.Cl. The summed E-state index contributed by atoms with van der Waals surface area (Å²) < 4.78 is 0. The van der Waals surface area contributed by atoms with Gasteiger partial charge in [0.2, 0.25) is 5.91 Å². The van der Waals surface area contributed by atoms with Crippen molar-refractivity contribution in [1.82, 2.24) is 9.80 Å². The van der Waals surface area contributed by atoms with E-state index in [9.17, 15) is 9.59 Å². The van der Waals surface area contributed by atoms with Crippen LogP contribution in [0.15, 0.2) is 24.3 Å². The molecule has 1 unspecified atom stereocenters. The van der Waals surface area contributed by atoms with Gasteiger partial charge < -0.3 is 15.5 Å². The summed E-state index contributed by atoms with van der Waals surface area (Å²) in [6.07, 6.45) is 1.59. The fourth-order valence-corrected chi connectivity index (χ4v) is 2.25. The molecule has 2 amide bonds. The van der Waals surface area contributed by atoms with Gasteiger partial charge in [-0.25, -0.2) is 0 Å². The third-order valence-corrected chi connectivity index (χ3v) is 3.59. The summed E-state index contributed by atoms with van der Waals surface area (Å²) >= 11 is 0. The van der Waals surface area contributed by atoms with E-state index in [1.165, 1.54) is 0 Å². The number of carbonyl (C=O) groups excluding carboxylic acids is 2. The smallest absolute Gasteiger partial charge is 0.253 e. The molecule has 0 aliphatic rings. The highest BCUT2D eigenvalue weighted by atomic mass is 35.5. The van der Waals surface area contributed by atoms with E-state index in [2.05, 4.69) is 0 Å². The van der Waals surface area contributed by atoms with Crippen molar-refractivity contribution in [3.63, 3.8) is 0 Å². The van der Waals surface area contributed by atoms with Crippen LogP contribution in [0.25, 0.3) is 0 Å². The average Bonchev–Trinajstić information content (AvgIpc) is 2.51. The summed E-state index contributed by atoms with van der Waals surface area (Å²) in [6.45, 7) is 5.10. The highest BCUT2D eigenvalue weighted by Gasteiger charge is 2.19. The van der Waals surface area contributed by atoms with Gasteiger partial charge in [-0.05, 0) is 31.0 Å². The lowest BCUT2D eigenvalue weighted by molar-refractivity contribution is -0.133. The lowest BCUT2D eigenvalue weighted by Gasteiger charge is -2.24. The van der Waals surface area contributed by atoms with Crippen molar-refractivity contribution in [2.45, 2.75) is 39.3 Å². The Morgan fingerprint density at radius 1 is 1.13 bits per heavy atom. The number of amides is 2. The molecule has 0 saturated carbocycles. The molecule has 2 N–H and O–H groups in total. The Hall–Kier alpha value is -1.59. The fraction of sp³-hybridized carbons (Fsp3) is 0.529. The molecule has 0 fully saturated rings. The number of nitrogens with two attached hydrogens (primary N) is 1. The zero-order valence-corrected chi connectivity index (χ0v) is 15.2. The van der Waals surface area contributed by atoms with Crippen molar-refractivity contribution in [2.75, 3.05) is 20.6 Å². The van der Waals surface area contributed by atoms with Gasteiger partial charge in [0.05, 0.1) is 6.04 Å². The van der Waals surface area contributed by atoms with E-state index >= 15 is 0 Å². The maximum atomic E-state index is 12.3. The molecule has 0 saturated heterocycles. The number of rotatable bonds is 7. The molecule has 0 aliphatic heterocycles. The Labute approximate surface area is 145 Å². The minimum Gasteiger partial charge on any atom is -0.345 e. The first-order valence-electron chi connectivity index (χ1n) is 7.75. The van der Waals surface area contributed by atoms with Crippen LogP contribution < -0.4 is 5.73 Å². The summed E-state index contributed by atoms with van der Waals surface area (Å²) in [4.78, 5) is 27.4. The molecule has 5 nitrogen and oxygen atoms in total. The van der Waals surface area contributed by atoms with Crippen LogP contribution in [-0.2, 0) is 11.3 Å². The molecule has 1 atom stereocenters. The molecule has 0 bridgehead atoms. The van der Waals surface area contributed by atoms with Gasteiger partial charge in [-0.15, -0.1) is 12.4 Å². The second kappa shape index (κ2) is 10.2. The quantitative estimate of drug-likeness (QED) is 0.827. The minimum atomic E-state index is -0.431. The molecule has 0 spiro atoms. The molecule has 1 rings (SSSR count). The molecule has 130 valence electrons. The Morgan fingerprint density at radius 2 is 1.70 bits per heavy atom. The minimum absolute atomic E-state index is 0. The first kappa shape index (κ1) is 21.4. The normalized spacial score (nSPS) is 11.3. The van der Waals surface area contributed by atoms with Gasteiger partial charge >= 0.3 is 0 Å². The van der Waals surface area contributed by atoms with Crippen molar-refractivity contribution >= 4 is 24.2 Å². The Balaban J connectivity index is 0.00000484. The molecule has 1 aromatic carbocycles. The number of halogens is 1. The number of likely N-dealkylation sites (N-methyl/N-ethyl adjacent to an activating group) is 1. The summed E-state index contributed by atoms with van der Waals surface area (Å²) in [5.41, 5.74) is 7.55. The lowest BCUT2D eigenvalue weighted by Crippen LogP contribution is -2.43. The predicted octanol–water partition coefficient (Wildman–Crippen LogP) is 2.29.